The highest BCUT2D eigenvalue weighted by Crippen LogP contribution is 2.40. The summed E-state index contributed by atoms with van der Waals surface area (Å²) in [5.41, 5.74) is 1.72. The molecule has 0 spiro atoms. The summed E-state index contributed by atoms with van der Waals surface area (Å²) in [6, 6.07) is 14.9. The van der Waals surface area contributed by atoms with Crippen molar-refractivity contribution in [2.24, 2.45) is 0 Å². The molecule has 9 heteroatoms. The highest BCUT2D eigenvalue weighted by molar-refractivity contribution is 9.10. The zero-order chi connectivity index (χ0) is 21.5. The Kier molecular flexibility index (Phi) is 5.41. The molecule has 0 amide bonds. The summed E-state index contributed by atoms with van der Waals surface area (Å²) in [6.07, 6.45) is 0. The zero-order valence-electron chi connectivity index (χ0n) is 16.9. The van der Waals surface area contributed by atoms with Crippen LogP contribution in [0.2, 0.25) is 0 Å². The van der Waals surface area contributed by atoms with E-state index in [0.717, 1.165) is 28.0 Å². The van der Waals surface area contributed by atoms with Gasteiger partial charge in [-0.2, -0.15) is 4.52 Å². The van der Waals surface area contributed by atoms with Crippen LogP contribution in [0.25, 0.3) is 4.96 Å². The van der Waals surface area contributed by atoms with Gasteiger partial charge in [0.1, 0.15) is 11.6 Å². The van der Waals surface area contributed by atoms with Crippen molar-refractivity contribution in [3.05, 3.63) is 75.1 Å². The molecule has 6 nitrogen and oxygen atoms in total. The van der Waals surface area contributed by atoms with Crippen LogP contribution in [-0.4, -0.2) is 50.8 Å². The van der Waals surface area contributed by atoms with Gasteiger partial charge in [-0.3, -0.25) is 4.90 Å². The summed E-state index contributed by atoms with van der Waals surface area (Å²) in [5, 5.41) is 15.3. The number of hydrogen-bond donors (Lipinski definition) is 1. The normalized spacial score (nSPS) is 16.2. The van der Waals surface area contributed by atoms with E-state index < -0.39 is 0 Å². The first-order chi connectivity index (χ1) is 15.0. The number of piperazine rings is 1. The molecule has 0 radical (unpaired) electrons. The smallest absolute Gasteiger partial charge is 0.230 e. The lowest BCUT2D eigenvalue weighted by Crippen LogP contribution is -2.48. The molecule has 3 heterocycles. The number of aromatic hydroxyl groups is 1. The van der Waals surface area contributed by atoms with E-state index in [0.29, 0.717) is 29.6 Å². The van der Waals surface area contributed by atoms with Gasteiger partial charge in [-0.05, 0) is 36.8 Å². The Morgan fingerprint density at radius 3 is 2.45 bits per heavy atom. The SMILES string of the molecule is Cc1nc2sc([C@H](c3ccc(Br)cc3)N3CCN(c4ccccc4F)CC3)c(O)n2n1. The maximum absolute atomic E-state index is 14.3. The van der Waals surface area contributed by atoms with E-state index in [1.165, 1.54) is 21.9 Å². The molecule has 1 saturated heterocycles. The lowest BCUT2D eigenvalue weighted by molar-refractivity contribution is 0.210. The molecule has 31 heavy (non-hydrogen) atoms. The van der Waals surface area contributed by atoms with E-state index in [4.69, 9.17) is 0 Å². The Hall–Kier alpha value is -2.49. The monoisotopic (exact) mass is 501 g/mol. The number of thiazole rings is 1. The van der Waals surface area contributed by atoms with Crippen LogP contribution in [0.3, 0.4) is 0 Å². The minimum Gasteiger partial charge on any atom is -0.492 e. The number of rotatable bonds is 4. The fourth-order valence-electron chi connectivity index (χ4n) is 4.13. The van der Waals surface area contributed by atoms with Gasteiger partial charge in [0, 0.05) is 30.7 Å². The molecule has 2 aromatic carbocycles. The first-order valence-corrected chi connectivity index (χ1v) is 11.7. The average Bonchev–Trinajstić information content (AvgIpc) is 3.28. The molecule has 0 aliphatic carbocycles. The second kappa shape index (κ2) is 8.22. The van der Waals surface area contributed by atoms with Gasteiger partial charge < -0.3 is 10.0 Å². The van der Waals surface area contributed by atoms with Gasteiger partial charge in [0.05, 0.1) is 16.6 Å². The van der Waals surface area contributed by atoms with E-state index in [9.17, 15) is 9.50 Å². The van der Waals surface area contributed by atoms with E-state index >= 15 is 0 Å². The van der Waals surface area contributed by atoms with Crippen LogP contribution in [0.1, 0.15) is 22.3 Å². The molecule has 1 fully saturated rings. The van der Waals surface area contributed by atoms with Gasteiger partial charge in [-0.25, -0.2) is 9.37 Å². The molecule has 1 aliphatic heterocycles. The van der Waals surface area contributed by atoms with Gasteiger partial charge in [0.15, 0.2) is 0 Å². The zero-order valence-corrected chi connectivity index (χ0v) is 19.3. The minimum atomic E-state index is -0.195. The summed E-state index contributed by atoms with van der Waals surface area (Å²) in [5.74, 6) is 0.566. The molecule has 1 atom stereocenters. The van der Waals surface area contributed by atoms with E-state index in [-0.39, 0.29) is 17.7 Å². The number of aromatic nitrogens is 3. The number of aryl methyl sites for hydroxylation is 1. The second-order valence-electron chi connectivity index (χ2n) is 7.57. The van der Waals surface area contributed by atoms with Crippen LogP contribution < -0.4 is 4.90 Å². The van der Waals surface area contributed by atoms with E-state index in [1.54, 1.807) is 6.07 Å². The number of anilines is 1. The van der Waals surface area contributed by atoms with Crippen molar-refractivity contribution in [1.29, 1.82) is 0 Å². The Morgan fingerprint density at radius 1 is 1.06 bits per heavy atom. The van der Waals surface area contributed by atoms with Crippen LogP contribution in [-0.2, 0) is 0 Å². The fourth-order valence-corrected chi connectivity index (χ4v) is 5.56. The molecule has 0 unspecified atom stereocenters. The lowest BCUT2D eigenvalue weighted by atomic mass is 10.0. The predicted octanol–water partition coefficient (Wildman–Crippen LogP) is 4.62. The van der Waals surface area contributed by atoms with Crippen molar-refractivity contribution in [3.63, 3.8) is 0 Å². The summed E-state index contributed by atoms with van der Waals surface area (Å²) in [7, 11) is 0. The maximum atomic E-state index is 14.3. The Balaban J connectivity index is 1.48. The van der Waals surface area contributed by atoms with E-state index in [2.05, 4.69) is 47.9 Å². The summed E-state index contributed by atoms with van der Waals surface area (Å²) in [4.78, 5) is 10.3. The molecular formula is C22H21BrFN5OS. The van der Waals surface area contributed by atoms with Crippen molar-refractivity contribution >= 4 is 37.9 Å². The average molecular weight is 502 g/mol. The Bertz CT molecular complexity index is 1220. The number of fused-ring (bicyclic) bond motifs is 1. The first-order valence-electron chi connectivity index (χ1n) is 10.1. The molecule has 4 aromatic rings. The number of halogens is 2. The van der Waals surface area contributed by atoms with Crippen LogP contribution >= 0.6 is 27.3 Å². The van der Waals surface area contributed by atoms with Crippen molar-refractivity contribution in [3.8, 4) is 5.88 Å². The van der Waals surface area contributed by atoms with E-state index in [1.807, 2.05) is 31.2 Å². The first kappa shape index (κ1) is 20.4. The quantitative estimate of drug-likeness (QED) is 0.442. The van der Waals surface area contributed by atoms with Crippen molar-refractivity contribution in [2.45, 2.75) is 13.0 Å². The van der Waals surface area contributed by atoms with Crippen LogP contribution in [0.4, 0.5) is 10.1 Å². The fraction of sp³-hybridized carbons (Fsp3) is 0.273. The number of para-hydroxylation sites is 1. The van der Waals surface area contributed by atoms with Crippen molar-refractivity contribution < 1.29 is 9.50 Å². The van der Waals surface area contributed by atoms with Crippen LogP contribution in [0.15, 0.2) is 53.0 Å². The lowest BCUT2D eigenvalue weighted by Gasteiger charge is -2.40. The van der Waals surface area contributed by atoms with Gasteiger partial charge in [0.25, 0.3) is 0 Å². The summed E-state index contributed by atoms with van der Waals surface area (Å²) in [6.45, 7) is 4.69. The van der Waals surface area contributed by atoms with Crippen molar-refractivity contribution in [2.75, 3.05) is 31.1 Å². The molecule has 1 N–H and O–H groups in total. The topological polar surface area (TPSA) is 56.9 Å². The van der Waals surface area contributed by atoms with Gasteiger partial charge in [0.2, 0.25) is 10.8 Å². The standard InChI is InChI=1S/C22H21BrFN5OS/c1-14-25-22-29(26-14)21(30)20(31-22)19(15-6-8-16(23)9-7-15)28-12-10-27(11-13-28)18-5-3-2-4-17(18)24/h2-9,19,30H,10-13H2,1H3/t19-/m0/s1. The third-order valence-electron chi connectivity index (χ3n) is 5.61. The van der Waals surface area contributed by atoms with Crippen LogP contribution in [0, 0.1) is 12.7 Å². The van der Waals surface area contributed by atoms with Gasteiger partial charge >= 0.3 is 0 Å². The second-order valence-corrected chi connectivity index (χ2v) is 9.50. The van der Waals surface area contributed by atoms with Gasteiger partial charge in [-0.15, -0.1) is 5.10 Å². The molecule has 1 aliphatic rings. The summed E-state index contributed by atoms with van der Waals surface area (Å²) >= 11 is 4.96. The van der Waals surface area contributed by atoms with Crippen LogP contribution in [0.5, 0.6) is 5.88 Å². The number of hydrogen-bond acceptors (Lipinski definition) is 6. The summed E-state index contributed by atoms with van der Waals surface area (Å²) < 4.78 is 16.8. The molecule has 0 bridgehead atoms. The highest BCUT2D eigenvalue weighted by atomic mass is 79.9. The maximum Gasteiger partial charge on any atom is 0.230 e. The molecular weight excluding hydrogens is 481 g/mol. The number of nitrogens with zero attached hydrogens (tertiary/aromatic N) is 5. The Labute approximate surface area is 191 Å². The van der Waals surface area contributed by atoms with Gasteiger partial charge in [-0.1, -0.05) is 51.5 Å². The predicted molar refractivity (Wildman–Crippen MR) is 123 cm³/mol. The third-order valence-corrected chi connectivity index (χ3v) is 7.21. The highest BCUT2D eigenvalue weighted by Gasteiger charge is 2.32. The molecule has 0 saturated carbocycles. The molecule has 2 aromatic heterocycles. The number of benzene rings is 2. The molecule has 5 rings (SSSR count). The largest absolute Gasteiger partial charge is 0.492 e. The Morgan fingerprint density at radius 2 is 1.77 bits per heavy atom. The molecule has 160 valence electrons. The minimum absolute atomic E-state index is 0.130. The van der Waals surface area contributed by atoms with Crippen molar-refractivity contribution in [1.82, 2.24) is 19.5 Å². The third kappa shape index (κ3) is 3.81.